The third-order valence-corrected chi connectivity index (χ3v) is 10.7. The minimum absolute atomic E-state index is 0.0259. The second kappa shape index (κ2) is 11.3. The number of aromatic nitrogens is 2. The van der Waals surface area contributed by atoms with Crippen molar-refractivity contribution in [2.75, 3.05) is 26.7 Å². The Kier molecular flexibility index (Phi) is 7.38. The first-order valence-electron chi connectivity index (χ1n) is 15.9. The van der Waals surface area contributed by atoms with Gasteiger partial charge in [0.15, 0.2) is 0 Å². The zero-order chi connectivity index (χ0) is 29.6. The van der Waals surface area contributed by atoms with E-state index in [4.69, 9.17) is 9.72 Å². The Morgan fingerprint density at radius 1 is 0.953 bits per heavy atom. The highest BCUT2D eigenvalue weighted by molar-refractivity contribution is 5.97. The normalized spacial score (nSPS) is 23.5. The summed E-state index contributed by atoms with van der Waals surface area (Å²) in [6.45, 7) is 4.61. The van der Waals surface area contributed by atoms with Crippen LogP contribution in [-0.4, -0.2) is 69.2 Å². The van der Waals surface area contributed by atoms with Crippen LogP contribution in [0.25, 0.3) is 11.0 Å². The molecular weight excluding hydrogens is 536 g/mol. The lowest BCUT2D eigenvalue weighted by atomic mass is 9.70. The van der Waals surface area contributed by atoms with Crippen LogP contribution in [0.1, 0.15) is 72.7 Å². The lowest BCUT2D eigenvalue weighted by Crippen LogP contribution is -2.49. The number of imidazole rings is 1. The molecule has 3 aliphatic rings. The van der Waals surface area contributed by atoms with E-state index in [9.17, 15) is 9.90 Å². The topological polar surface area (TPSA) is 70.8 Å². The highest BCUT2D eigenvalue weighted by Gasteiger charge is 2.44. The van der Waals surface area contributed by atoms with Gasteiger partial charge < -0.3 is 19.3 Å². The molecule has 4 aromatic rings. The molecule has 1 aromatic heterocycles. The molecule has 1 unspecified atom stereocenters. The number of benzene rings is 3. The summed E-state index contributed by atoms with van der Waals surface area (Å²) >= 11 is 0. The van der Waals surface area contributed by atoms with Crippen molar-refractivity contribution in [3.63, 3.8) is 0 Å². The zero-order valence-electron chi connectivity index (χ0n) is 25.3. The fraction of sp³-hybridized carbons (Fsp3) is 0.444. The third-order valence-electron chi connectivity index (χ3n) is 10.7. The number of fused-ring (bicyclic) bond motifs is 3. The quantitative estimate of drug-likeness (QED) is 0.271. The molecule has 4 heterocycles. The van der Waals surface area contributed by atoms with E-state index in [1.165, 1.54) is 42.8 Å². The molecule has 0 radical (unpaired) electrons. The highest BCUT2D eigenvalue weighted by Crippen LogP contribution is 2.45. The molecule has 0 saturated carbocycles. The monoisotopic (exact) mass is 578 g/mol. The fourth-order valence-electron chi connectivity index (χ4n) is 8.39. The van der Waals surface area contributed by atoms with Crippen LogP contribution in [0.3, 0.4) is 0 Å². The lowest BCUT2D eigenvalue weighted by molar-refractivity contribution is 0.0604. The van der Waals surface area contributed by atoms with Crippen LogP contribution in [0, 0.1) is 6.92 Å². The van der Waals surface area contributed by atoms with Crippen molar-refractivity contribution in [3.8, 4) is 11.5 Å². The summed E-state index contributed by atoms with van der Waals surface area (Å²) in [5.74, 6) is 1.54. The van der Waals surface area contributed by atoms with Gasteiger partial charge in [-0.3, -0.25) is 9.69 Å². The Hall–Kier alpha value is -3.84. The number of rotatable bonds is 7. The van der Waals surface area contributed by atoms with Gasteiger partial charge in [0, 0.05) is 37.3 Å². The van der Waals surface area contributed by atoms with Gasteiger partial charge in [-0.25, -0.2) is 4.98 Å². The molecular formula is C36H42N4O3. The number of para-hydroxylation sites is 2. The molecule has 3 saturated heterocycles. The number of carbonyl (C=O) groups is 1. The maximum atomic E-state index is 13.4. The number of hydrogen-bond donors (Lipinski definition) is 1. The number of carbonyl (C=O) groups excluding carboxylic acids is 1. The summed E-state index contributed by atoms with van der Waals surface area (Å²) < 4.78 is 7.71. The molecule has 3 fully saturated rings. The first-order valence-corrected chi connectivity index (χ1v) is 15.9. The van der Waals surface area contributed by atoms with Crippen LogP contribution in [0.2, 0.25) is 0 Å². The van der Waals surface area contributed by atoms with E-state index in [2.05, 4.69) is 71.0 Å². The van der Waals surface area contributed by atoms with Crippen LogP contribution in [0.5, 0.6) is 11.5 Å². The molecule has 3 aromatic carbocycles. The van der Waals surface area contributed by atoms with Crippen molar-refractivity contribution in [3.05, 3.63) is 89.7 Å². The van der Waals surface area contributed by atoms with Crippen molar-refractivity contribution < 1.29 is 14.6 Å². The standard InChI is InChI=1S/C36H42N4O3/c1-25-37-32-10-6-7-11-33(32)40(25)29-22-27-12-13-28(23-29)39(27)21-18-36(26-8-4-3-5-9-26)16-19-38(20-17-36)35(42)31-15-14-30(43-2)24-34(31)41/h3-11,14-15,24,27-29,41H,12-13,16-23H2,1-2H3/t27-,28+,29?. The van der Waals surface area contributed by atoms with Gasteiger partial charge in [-0.2, -0.15) is 0 Å². The lowest BCUT2D eigenvalue weighted by Gasteiger charge is -2.45. The van der Waals surface area contributed by atoms with Gasteiger partial charge in [0.25, 0.3) is 5.91 Å². The van der Waals surface area contributed by atoms with E-state index in [1.54, 1.807) is 19.2 Å². The highest BCUT2D eigenvalue weighted by atomic mass is 16.5. The Bertz CT molecular complexity index is 1590. The summed E-state index contributed by atoms with van der Waals surface area (Å²) in [7, 11) is 1.56. The number of ether oxygens (including phenoxy) is 1. The van der Waals surface area contributed by atoms with Crippen LogP contribution < -0.4 is 4.74 Å². The molecule has 0 aliphatic carbocycles. The predicted molar refractivity (Wildman–Crippen MR) is 169 cm³/mol. The third kappa shape index (κ3) is 5.07. The van der Waals surface area contributed by atoms with Gasteiger partial charge in [-0.15, -0.1) is 0 Å². The van der Waals surface area contributed by atoms with Crippen molar-refractivity contribution in [2.45, 2.75) is 75.4 Å². The van der Waals surface area contributed by atoms with E-state index < -0.39 is 0 Å². The van der Waals surface area contributed by atoms with Gasteiger partial charge in [0.2, 0.25) is 0 Å². The maximum Gasteiger partial charge on any atom is 0.257 e. The summed E-state index contributed by atoms with van der Waals surface area (Å²) in [6.07, 6.45) is 7.86. The van der Waals surface area contributed by atoms with Crippen LogP contribution in [0.15, 0.2) is 72.8 Å². The second-order valence-corrected chi connectivity index (χ2v) is 12.8. The predicted octanol–water partition coefficient (Wildman–Crippen LogP) is 6.49. The van der Waals surface area contributed by atoms with Gasteiger partial charge in [0.05, 0.1) is 23.7 Å². The number of phenolic OH excluding ortho intramolecular Hbond substituents is 1. The molecule has 7 nitrogen and oxygen atoms in total. The minimum atomic E-state index is -0.107. The minimum Gasteiger partial charge on any atom is -0.507 e. The van der Waals surface area contributed by atoms with Crippen LogP contribution >= 0.6 is 0 Å². The SMILES string of the molecule is COc1ccc(C(=O)N2CCC(CCN3[C@@H]4CC[C@H]3CC(n3c(C)nc5ccccc53)C4)(c3ccccc3)CC2)c(O)c1. The average Bonchev–Trinajstić information content (AvgIpc) is 3.50. The second-order valence-electron chi connectivity index (χ2n) is 12.8. The van der Waals surface area contributed by atoms with E-state index in [-0.39, 0.29) is 17.1 Å². The summed E-state index contributed by atoms with van der Waals surface area (Å²) in [4.78, 5) is 23.0. The molecule has 3 atom stereocenters. The Morgan fingerprint density at radius 3 is 2.35 bits per heavy atom. The first-order chi connectivity index (χ1) is 21.0. The summed E-state index contributed by atoms with van der Waals surface area (Å²) in [6, 6.07) is 26.2. The summed E-state index contributed by atoms with van der Waals surface area (Å²) in [5, 5.41) is 10.5. The first kappa shape index (κ1) is 28.0. The molecule has 2 bridgehead atoms. The largest absolute Gasteiger partial charge is 0.507 e. The number of methoxy groups -OCH3 is 1. The number of nitrogens with zero attached hydrogens (tertiary/aromatic N) is 4. The number of phenols is 1. The maximum absolute atomic E-state index is 13.4. The van der Waals surface area contributed by atoms with E-state index in [1.807, 2.05) is 4.90 Å². The molecule has 1 N–H and O–H groups in total. The van der Waals surface area contributed by atoms with Gasteiger partial charge in [-0.05, 0) is 93.7 Å². The van der Waals surface area contributed by atoms with Gasteiger partial charge >= 0.3 is 0 Å². The number of aromatic hydroxyl groups is 1. The van der Waals surface area contributed by atoms with Crippen molar-refractivity contribution in [2.24, 2.45) is 0 Å². The van der Waals surface area contributed by atoms with Gasteiger partial charge in [-0.1, -0.05) is 42.5 Å². The number of aryl methyl sites for hydroxylation is 1. The van der Waals surface area contributed by atoms with E-state index in [0.717, 1.165) is 37.1 Å². The van der Waals surface area contributed by atoms with E-state index >= 15 is 0 Å². The Morgan fingerprint density at radius 2 is 1.65 bits per heavy atom. The molecule has 43 heavy (non-hydrogen) atoms. The molecule has 7 heteroatoms. The van der Waals surface area contributed by atoms with Crippen LogP contribution in [0.4, 0.5) is 0 Å². The number of amides is 1. The van der Waals surface area contributed by atoms with Gasteiger partial charge in [0.1, 0.15) is 17.3 Å². The molecule has 3 aliphatic heterocycles. The number of piperidine rings is 2. The molecule has 1 amide bonds. The number of likely N-dealkylation sites (tertiary alicyclic amines) is 1. The Labute approximate surface area is 254 Å². The molecule has 0 spiro atoms. The van der Waals surface area contributed by atoms with Crippen molar-refractivity contribution in [1.82, 2.24) is 19.4 Å². The summed E-state index contributed by atoms with van der Waals surface area (Å²) in [5.41, 5.74) is 4.13. The molecule has 224 valence electrons. The average molecular weight is 579 g/mol. The number of hydrogen-bond acceptors (Lipinski definition) is 5. The van der Waals surface area contributed by atoms with Crippen molar-refractivity contribution >= 4 is 16.9 Å². The smallest absolute Gasteiger partial charge is 0.257 e. The fourth-order valence-corrected chi connectivity index (χ4v) is 8.39. The Balaban J connectivity index is 1.06. The zero-order valence-corrected chi connectivity index (χ0v) is 25.3. The van der Waals surface area contributed by atoms with Crippen LogP contribution in [-0.2, 0) is 5.41 Å². The van der Waals surface area contributed by atoms with Crippen molar-refractivity contribution in [1.29, 1.82) is 0 Å². The molecule has 7 rings (SSSR count). The van der Waals surface area contributed by atoms with E-state index in [0.29, 0.717) is 42.5 Å².